The minimum absolute atomic E-state index is 0.0325. The van der Waals surface area contributed by atoms with Crippen LogP contribution in [0.3, 0.4) is 0 Å². The van der Waals surface area contributed by atoms with Crippen molar-refractivity contribution in [2.24, 2.45) is 0 Å². The van der Waals surface area contributed by atoms with E-state index in [0.29, 0.717) is 18.7 Å². The van der Waals surface area contributed by atoms with Crippen molar-refractivity contribution in [1.29, 1.82) is 0 Å². The second-order valence-electron chi connectivity index (χ2n) is 5.99. The lowest BCUT2D eigenvalue weighted by atomic mass is 9.98. The first-order chi connectivity index (χ1) is 10.7. The van der Waals surface area contributed by atoms with Crippen LogP contribution in [0.2, 0.25) is 0 Å². The summed E-state index contributed by atoms with van der Waals surface area (Å²) in [6.07, 6.45) is 2.15. The van der Waals surface area contributed by atoms with Crippen molar-refractivity contribution < 1.29 is 9.53 Å². The Labute approximate surface area is 130 Å². The summed E-state index contributed by atoms with van der Waals surface area (Å²) in [6.45, 7) is 2.19. The molecule has 1 amide bonds. The molecule has 0 spiro atoms. The minimum atomic E-state index is -0.124. The molecule has 1 fully saturated rings. The second kappa shape index (κ2) is 6.46. The van der Waals surface area contributed by atoms with Gasteiger partial charge in [0.15, 0.2) is 0 Å². The molecule has 2 N–H and O–H groups in total. The van der Waals surface area contributed by atoms with Crippen LogP contribution in [0, 0.1) is 0 Å². The van der Waals surface area contributed by atoms with Crippen molar-refractivity contribution in [3.63, 3.8) is 0 Å². The van der Waals surface area contributed by atoms with E-state index in [9.17, 15) is 4.79 Å². The molecule has 0 saturated carbocycles. The van der Waals surface area contributed by atoms with Gasteiger partial charge in [-0.3, -0.25) is 4.79 Å². The van der Waals surface area contributed by atoms with Gasteiger partial charge in [-0.15, -0.1) is 0 Å². The Balaban J connectivity index is 1.70. The summed E-state index contributed by atoms with van der Waals surface area (Å²) in [5.74, 6) is -0.0325. The maximum Gasteiger partial charge on any atom is 0.251 e. The van der Waals surface area contributed by atoms with Gasteiger partial charge in [0, 0.05) is 19.2 Å². The molecule has 3 rings (SSSR count). The van der Waals surface area contributed by atoms with Crippen LogP contribution in [0.15, 0.2) is 42.5 Å². The molecular weight excluding hydrogens is 276 g/mol. The molecule has 1 aliphatic heterocycles. The highest BCUT2D eigenvalue weighted by molar-refractivity contribution is 5.98. The Kier molecular flexibility index (Phi) is 4.41. The van der Waals surface area contributed by atoms with Crippen LogP contribution in [-0.4, -0.2) is 38.3 Å². The van der Waals surface area contributed by atoms with Crippen LogP contribution < -0.4 is 10.6 Å². The monoisotopic (exact) mass is 298 g/mol. The van der Waals surface area contributed by atoms with E-state index in [1.165, 1.54) is 0 Å². The molecule has 0 aromatic heterocycles. The maximum atomic E-state index is 12.4. The Morgan fingerprint density at radius 2 is 2.09 bits per heavy atom. The van der Waals surface area contributed by atoms with E-state index >= 15 is 0 Å². The lowest BCUT2D eigenvalue weighted by molar-refractivity contribution is 0.0892. The molecule has 22 heavy (non-hydrogen) atoms. The molecule has 1 heterocycles. The zero-order valence-corrected chi connectivity index (χ0v) is 12.9. The first-order valence-corrected chi connectivity index (χ1v) is 7.73. The van der Waals surface area contributed by atoms with E-state index in [0.717, 1.165) is 30.2 Å². The summed E-state index contributed by atoms with van der Waals surface area (Å²) in [7, 11) is 1.70. The lowest BCUT2D eigenvalue weighted by Gasteiger charge is -2.29. The topological polar surface area (TPSA) is 50.4 Å². The summed E-state index contributed by atoms with van der Waals surface area (Å²) >= 11 is 0. The smallest absolute Gasteiger partial charge is 0.251 e. The third kappa shape index (κ3) is 3.13. The Morgan fingerprint density at radius 3 is 2.82 bits per heavy atom. The fourth-order valence-corrected chi connectivity index (χ4v) is 3.15. The Morgan fingerprint density at radius 1 is 1.27 bits per heavy atom. The molecule has 1 atom stereocenters. The molecule has 4 heteroatoms. The number of fused-ring (bicyclic) bond motifs is 1. The van der Waals surface area contributed by atoms with Gasteiger partial charge in [-0.1, -0.05) is 30.3 Å². The number of amides is 1. The van der Waals surface area contributed by atoms with Crippen molar-refractivity contribution in [2.45, 2.75) is 18.4 Å². The zero-order valence-electron chi connectivity index (χ0n) is 12.9. The number of methoxy groups -OCH3 is 1. The summed E-state index contributed by atoms with van der Waals surface area (Å²) < 4.78 is 5.31. The molecule has 1 unspecified atom stereocenters. The highest BCUT2D eigenvalue weighted by Gasteiger charge is 2.33. The average Bonchev–Trinajstić information content (AvgIpc) is 3.01. The van der Waals surface area contributed by atoms with Crippen LogP contribution in [0.1, 0.15) is 23.2 Å². The number of hydrogen-bond donors (Lipinski definition) is 2. The van der Waals surface area contributed by atoms with E-state index in [-0.39, 0.29) is 11.4 Å². The number of rotatable bonds is 5. The van der Waals surface area contributed by atoms with Gasteiger partial charge in [-0.2, -0.15) is 0 Å². The molecule has 2 aromatic carbocycles. The van der Waals surface area contributed by atoms with Crippen molar-refractivity contribution in [3.05, 3.63) is 48.0 Å². The van der Waals surface area contributed by atoms with E-state index in [2.05, 4.69) is 10.6 Å². The predicted octanol–water partition coefficient (Wildman–Crippen LogP) is 2.34. The zero-order chi connectivity index (χ0) is 15.4. The molecule has 116 valence electrons. The van der Waals surface area contributed by atoms with Crippen molar-refractivity contribution >= 4 is 16.7 Å². The van der Waals surface area contributed by atoms with Crippen LogP contribution in [0.4, 0.5) is 0 Å². The average molecular weight is 298 g/mol. The van der Waals surface area contributed by atoms with Gasteiger partial charge in [-0.05, 0) is 42.3 Å². The van der Waals surface area contributed by atoms with Gasteiger partial charge >= 0.3 is 0 Å². The Bertz CT molecular complexity index is 663. The standard InChI is InChI=1S/C18H22N2O2/c1-22-13-18(9-4-10-20-18)12-19-17(21)16-8-7-14-5-2-3-6-15(14)11-16/h2-3,5-8,11,20H,4,9-10,12-13H2,1H3,(H,19,21). The summed E-state index contributed by atoms with van der Waals surface area (Å²) in [4.78, 5) is 12.4. The molecule has 0 aliphatic carbocycles. The first-order valence-electron chi connectivity index (χ1n) is 7.73. The van der Waals surface area contributed by atoms with Crippen LogP contribution >= 0.6 is 0 Å². The minimum Gasteiger partial charge on any atom is -0.383 e. The number of carbonyl (C=O) groups is 1. The highest BCUT2D eigenvalue weighted by atomic mass is 16.5. The van der Waals surface area contributed by atoms with Crippen LogP contribution in [0.5, 0.6) is 0 Å². The maximum absolute atomic E-state index is 12.4. The van der Waals surface area contributed by atoms with Crippen LogP contribution in [0.25, 0.3) is 10.8 Å². The fourth-order valence-electron chi connectivity index (χ4n) is 3.15. The number of hydrogen-bond acceptors (Lipinski definition) is 3. The fraction of sp³-hybridized carbons (Fsp3) is 0.389. The summed E-state index contributed by atoms with van der Waals surface area (Å²) in [5, 5.41) is 8.75. The molecule has 1 aliphatic rings. The highest BCUT2D eigenvalue weighted by Crippen LogP contribution is 2.19. The number of nitrogens with one attached hydrogen (secondary N) is 2. The largest absolute Gasteiger partial charge is 0.383 e. The third-order valence-electron chi connectivity index (χ3n) is 4.35. The van der Waals surface area contributed by atoms with E-state index in [1.54, 1.807) is 7.11 Å². The quantitative estimate of drug-likeness (QED) is 0.891. The Hall–Kier alpha value is -1.91. The summed E-state index contributed by atoms with van der Waals surface area (Å²) in [5.41, 5.74) is 0.575. The molecule has 2 aromatic rings. The lowest BCUT2D eigenvalue weighted by Crippen LogP contribution is -2.52. The second-order valence-corrected chi connectivity index (χ2v) is 5.99. The first kappa shape index (κ1) is 15.0. The van der Waals surface area contributed by atoms with Crippen LogP contribution in [-0.2, 0) is 4.74 Å². The summed E-state index contributed by atoms with van der Waals surface area (Å²) in [6, 6.07) is 13.9. The van der Waals surface area contributed by atoms with Gasteiger partial charge in [0.05, 0.1) is 12.1 Å². The molecule has 0 bridgehead atoms. The van der Waals surface area contributed by atoms with E-state index in [1.807, 2.05) is 42.5 Å². The van der Waals surface area contributed by atoms with Crippen molar-refractivity contribution in [2.75, 3.05) is 26.8 Å². The van der Waals surface area contributed by atoms with Crippen molar-refractivity contribution in [3.8, 4) is 0 Å². The molecule has 0 radical (unpaired) electrons. The van der Waals surface area contributed by atoms with Gasteiger partial charge in [0.2, 0.25) is 0 Å². The van der Waals surface area contributed by atoms with Gasteiger partial charge < -0.3 is 15.4 Å². The predicted molar refractivity (Wildman–Crippen MR) is 88.1 cm³/mol. The third-order valence-corrected chi connectivity index (χ3v) is 4.35. The normalized spacial score (nSPS) is 21.1. The van der Waals surface area contributed by atoms with Crippen molar-refractivity contribution in [1.82, 2.24) is 10.6 Å². The molecule has 4 nitrogen and oxygen atoms in total. The molecular formula is C18H22N2O2. The van der Waals surface area contributed by atoms with E-state index < -0.39 is 0 Å². The number of benzene rings is 2. The van der Waals surface area contributed by atoms with Gasteiger partial charge in [0.1, 0.15) is 0 Å². The van der Waals surface area contributed by atoms with E-state index in [4.69, 9.17) is 4.74 Å². The molecule has 1 saturated heterocycles. The number of carbonyl (C=O) groups excluding carboxylic acids is 1. The van der Waals surface area contributed by atoms with Gasteiger partial charge in [0.25, 0.3) is 5.91 Å². The SMILES string of the molecule is COCC1(CNC(=O)c2ccc3ccccc3c2)CCCN1. The number of ether oxygens (including phenoxy) is 1. The van der Waals surface area contributed by atoms with Gasteiger partial charge in [-0.25, -0.2) is 0 Å².